The average Bonchev–Trinajstić information content (AvgIpc) is 2.49. The van der Waals surface area contributed by atoms with Crippen molar-refractivity contribution in [3.63, 3.8) is 0 Å². The maximum absolute atomic E-state index is 12.0. The van der Waals surface area contributed by atoms with Crippen molar-refractivity contribution < 1.29 is 35.4 Å². The summed E-state index contributed by atoms with van der Waals surface area (Å²) >= 11 is 0. The number of carbonyl (C=O) groups is 1. The number of phenolic OH excluding ortho intramolecular Hbond substituents is 6. The lowest BCUT2D eigenvalue weighted by molar-refractivity contribution is 0.0979. The van der Waals surface area contributed by atoms with Crippen LogP contribution >= 0.6 is 0 Å². The molecule has 0 saturated carbocycles. The van der Waals surface area contributed by atoms with Gasteiger partial charge in [0.15, 0.2) is 28.8 Å². The van der Waals surface area contributed by atoms with Crippen molar-refractivity contribution in [2.75, 3.05) is 0 Å². The molecule has 0 amide bonds. The van der Waals surface area contributed by atoms with Crippen LogP contribution in [0.1, 0.15) is 22.3 Å². The quantitative estimate of drug-likeness (QED) is 0.373. The van der Waals surface area contributed by atoms with E-state index in [4.69, 9.17) is 0 Å². The van der Waals surface area contributed by atoms with E-state index in [1.54, 1.807) is 0 Å². The van der Waals surface area contributed by atoms with Crippen LogP contribution in [-0.4, -0.2) is 36.4 Å². The van der Waals surface area contributed by atoms with Crippen LogP contribution in [0, 0.1) is 0 Å². The summed E-state index contributed by atoms with van der Waals surface area (Å²) in [5, 5.41) is 56.5. The van der Waals surface area contributed by atoms with Gasteiger partial charge in [0.2, 0.25) is 11.5 Å². The molecule has 0 aliphatic carbocycles. The van der Waals surface area contributed by atoms with Crippen molar-refractivity contribution in [3.05, 3.63) is 35.4 Å². The van der Waals surface area contributed by atoms with Crippen molar-refractivity contribution in [1.29, 1.82) is 0 Å². The number of hydrogen-bond donors (Lipinski definition) is 6. The van der Waals surface area contributed by atoms with E-state index in [0.717, 1.165) is 6.07 Å². The third kappa shape index (κ3) is 2.69. The molecule has 6 N–H and O–H groups in total. The van der Waals surface area contributed by atoms with E-state index >= 15 is 0 Å². The number of hydrogen-bond acceptors (Lipinski definition) is 7. The molecule has 0 heterocycles. The third-order valence-electron chi connectivity index (χ3n) is 3.27. The molecule has 22 heavy (non-hydrogen) atoms. The van der Waals surface area contributed by atoms with Crippen LogP contribution in [0.15, 0.2) is 24.3 Å². The molecule has 0 unspecified atom stereocenters. The average molecular weight is 306 g/mol. The van der Waals surface area contributed by atoms with Crippen molar-refractivity contribution in [1.82, 2.24) is 0 Å². The fourth-order valence-electron chi connectivity index (χ4n) is 1.99. The number of Topliss-reactive ketones (excluding diaryl/α,β-unsaturated/α-hetero) is 1. The second-order valence-electron chi connectivity index (χ2n) is 4.69. The van der Waals surface area contributed by atoms with Gasteiger partial charge in [-0.15, -0.1) is 0 Å². The molecule has 2 aromatic carbocycles. The van der Waals surface area contributed by atoms with Gasteiger partial charge < -0.3 is 30.6 Å². The number of phenols is 6. The predicted molar refractivity (Wildman–Crippen MR) is 75.5 cm³/mol. The summed E-state index contributed by atoms with van der Waals surface area (Å²) in [5.74, 6) is -4.25. The molecule has 0 spiro atoms. The zero-order valence-electron chi connectivity index (χ0n) is 11.3. The minimum Gasteiger partial charge on any atom is -0.504 e. The fraction of sp³-hybridized carbons (Fsp3) is 0.133. The first kappa shape index (κ1) is 15.3. The molecule has 0 aliphatic rings. The number of ketones is 1. The van der Waals surface area contributed by atoms with E-state index in [-0.39, 0.29) is 24.0 Å². The largest absolute Gasteiger partial charge is 0.504 e. The molecule has 0 bridgehead atoms. The molecule has 0 fully saturated rings. The van der Waals surface area contributed by atoms with Gasteiger partial charge in [-0.05, 0) is 30.2 Å². The zero-order chi connectivity index (χ0) is 16.4. The second kappa shape index (κ2) is 5.72. The van der Waals surface area contributed by atoms with Crippen molar-refractivity contribution in [3.8, 4) is 34.5 Å². The number of benzene rings is 2. The summed E-state index contributed by atoms with van der Waals surface area (Å²) in [6, 6.07) is 4.78. The Kier molecular flexibility index (Phi) is 3.98. The molecular formula is C15H14O7. The Bertz CT molecular complexity index is 737. The van der Waals surface area contributed by atoms with Crippen molar-refractivity contribution in [2.45, 2.75) is 12.8 Å². The number of aromatic hydroxyl groups is 6. The van der Waals surface area contributed by atoms with Crippen molar-refractivity contribution >= 4 is 5.78 Å². The zero-order valence-corrected chi connectivity index (χ0v) is 11.3. The molecule has 7 nitrogen and oxygen atoms in total. The van der Waals surface area contributed by atoms with E-state index in [0.29, 0.717) is 0 Å². The van der Waals surface area contributed by atoms with Crippen LogP contribution in [0.2, 0.25) is 0 Å². The Hall–Kier alpha value is -3.09. The highest BCUT2D eigenvalue weighted by Gasteiger charge is 2.18. The van der Waals surface area contributed by atoms with Gasteiger partial charge in [-0.25, -0.2) is 0 Å². The van der Waals surface area contributed by atoms with Crippen LogP contribution in [0.3, 0.4) is 0 Å². The normalized spacial score (nSPS) is 10.5. The highest BCUT2D eigenvalue weighted by Crippen LogP contribution is 2.39. The van der Waals surface area contributed by atoms with Gasteiger partial charge in [-0.3, -0.25) is 4.79 Å². The Morgan fingerprint density at radius 1 is 0.727 bits per heavy atom. The molecule has 2 rings (SSSR count). The SMILES string of the molecule is O=C(CCc1ccc(O)c(O)c1O)c1ccc(O)c(O)c1O. The van der Waals surface area contributed by atoms with E-state index < -0.39 is 40.3 Å². The topological polar surface area (TPSA) is 138 Å². The Morgan fingerprint density at radius 2 is 1.27 bits per heavy atom. The highest BCUT2D eigenvalue weighted by molar-refractivity contribution is 5.99. The summed E-state index contributed by atoms with van der Waals surface area (Å²) in [6.45, 7) is 0. The predicted octanol–water partition coefficient (Wildman–Crippen LogP) is 1.74. The molecule has 116 valence electrons. The Morgan fingerprint density at radius 3 is 1.91 bits per heavy atom. The summed E-state index contributed by atoms with van der Waals surface area (Å²) in [4.78, 5) is 12.0. The molecule has 0 radical (unpaired) electrons. The van der Waals surface area contributed by atoms with Crippen LogP contribution in [0.5, 0.6) is 34.5 Å². The number of rotatable bonds is 4. The van der Waals surface area contributed by atoms with Crippen LogP contribution < -0.4 is 0 Å². The minimum absolute atomic E-state index is 0.0413. The van der Waals surface area contributed by atoms with Gasteiger partial charge in [-0.1, -0.05) is 6.07 Å². The van der Waals surface area contributed by atoms with Crippen LogP contribution in [0.4, 0.5) is 0 Å². The minimum atomic E-state index is -0.782. The first-order chi connectivity index (χ1) is 10.3. The summed E-state index contributed by atoms with van der Waals surface area (Å²) in [7, 11) is 0. The number of aryl methyl sites for hydroxylation is 1. The first-order valence-electron chi connectivity index (χ1n) is 6.32. The third-order valence-corrected chi connectivity index (χ3v) is 3.27. The van der Waals surface area contributed by atoms with Crippen LogP contribution in [-0.2, 0) is 6.42 Å². The van der Waals surface area contributed by atoms with Gasteiger partial charge in [0.25, 0.3) is 0 Å². The summed E-state index contributed by atoms with van der Waals surface area (Å²) < 4.78 is 0. The Balaban J connectivity index is 2.18. The van der Waals surface area contributed by atoms with E-state index in [9.17, 15) is 35.4 Å². The smallest absolute Gasteiger partial charge is 0.201 e. The Labute approximate surface area is 125 Å². The molecule has 0 aromatic heterocycles. The lowest BCUT2D eigenvalue weighted by Gasteiger charge is -2.09. The van der Waals surface area contributed by atoms with Gasteiger partial charge in [0.05, 0.1) is 5.56 Å². The molecule has 2 aromatic rings. The summed E-state index contributed by atoms with van der Waals surface area (Å²) in [5.41, 5.74) is 0.0731. The standard InChI is InChI=1S/C15H14O7/c16-9(8-3-6-11(18)15(22)13(8)20)4-1-7-2-5-10(17)14(21)12(7)19/h2-3,5-6,17-22H,1,4H2. The molecule has 7 heteroatoms. The highest BCUT2D eigenvalue weighted by atomic mass is 16.3. The van der Waals surface area contributed by atoms with E-state index in [1.165, 1.54) is 18.2 Å². The van der Waals surface area contributed by atoms with Gasteiger partial charge in [-0.2, -0.15) is 0 Å². The number of carbonyl (C=O) groups excluding carboxylic acids is 1. The van der Waals surface area contributed by atoms with Crippen molar-refractivity contribution in [2.24, 2.45) is 0 Å². The molecule has 0 saturated heterocycles. The van der Waals surface area contributed by atoms with E-state index in [2.05, 4.69) is 0 Å². The lowest BCUT2D eigenvalue weighted by atomic mass is 10.0. The van der Waals surface area contributed by atoms with Gasteiger partial charge in [0, 0.05) is 6.42 Å². The lowest BCUT2D eigenvalue weighted by Crippen LogP contribution is -2.02. The monoisotopic (exact) mass is 306 g/mol. The van der Waals surface area contributed by atoms with E-state index in [1.807, 2.05) is 0 Å². The van der Waals surface area contributed by atoms with Gasteiger partial charge >= 0.3 is 0 Å². The molecule has 0 aliphatic heterocycles. The first-order valence-corrected chi connectivity index (χ1v) is 6.32. The molecular weight excluding hydrogens is 292 g/mol. The molecule has 0 atom stereocenters. The van der Waals surface area contributed by atoms with Crippen LogP contribution in [0.25, 0.3) is 0 Å². The maximum atomic E-state index is 12.0. The summed E-state index contributed by atoms with van der Waals surface area (Å²) in [6.07, 6.45) is -0.0882. The van der Waals surface area contributed by atoms with Gasteiger partial charge in [0.1, 0.15) is 0 Å². The second-order valence-corrected chi connectivity index (χ2v) is 4.69. The fourth-order valence-corrected chi connectivity index (χ4v) is 1.99. The maximum Gasteiger partial charge on any atom is 0.201 e.